The summed E-state index contributed by atoms with van der Waals surface area (Å²) in [4.78, 5) is 38.7. The molecule has 9 nitrogen and oxygen atoms in total. The number of para-hydroxylation sites is 1. The molecule has 2 aliphatic heterocycles. The predicted octanol–water partition coefficient (Wildman–Crippen LogP) is 1.98. The Hall–Kier alpha value is -3.75. The number of nitrogens with zero attached hydrogens (tertiary/aromatic N) is 4. The molecule has 0 aliphatic carbocycles. The normalized spacial score (nSPS) is 20.2. The smallest absolute Gasteiger partial charge is 0.337 e. The van der Waals surface area contributed by atoms with Gasteiger partial charge in [-0.1, -0.05) is 23.4 Å². The lowest BCUT2D eigenvalue weighted by molar-refractivity contribution is -0.123. The van der Waals surface area contributed by atoms with Gasteiger partial charge in [-0.3, -0.25) is 14.6 Å². The van der Waals surface area contributed by atoms with Crippen LogP contribution in [-0.2, 0) is 20.9 Å². The van der Waals surface area contributed by atoms with Gasteiger partial charge in [-0.05, 0) is 30.3 Å². The van der Waals surface area contributed by atoms with Gasteiger partial charge in [0.1, 0.15) is 5.75 Å². The van der Waals surface area contributed by atoms with E-state index in [1.807, 2.05) is 6.07 Å². The molecule has 1 saturated heterocycles. The molecule has 2 aromatic carbocycles. The minimum Gasteiger partial charge on any atom is -0.496 e. The van der Waals surface area contributed by atoms with E-state index in [0.717, 1.165) is 4.90 Å². The van der Waals surface area contributed by atoms with Crippen LogP contribution in [0.25, 0.3) is 0 Å². The van der Waals surface area contributed by atoms with Crippen molar-refractivity contribution in [1.82, 2.24) is 5.01 Å². The van der Waals surface area contributed by atoms with Gasteiger partial charge in [-0.2, -0.15) is 5.11 Å². The first-order valence-electron chi connectivity index (χ1n) is 8.90. The van der Waals surface area contributed by atoms with E-state index in [4.69, 9.17) is 9.47 Å². The minimum absolute atomic E-state index is 0.139. The van der Waals surface area contributed by atoms with Crippen LogP contribution in [0.15, 0.2) is 58.9 Å². The summed E-state index contributed by atoms with van der Waals surface area (Å²) in [6.45, 7) is 0.139. The molecule has 0 aromatic heterocycles. The minimum atomic E-state index is -0.891. The average Bonchev–Trinajstić information content (AvgIpc) is 3.27. The summed E-state index contributed by atoms with van der Waals surface area (Å²) in [6.07, 6.45) is 0. The van der Waals surface area contributed by atoms with E-state index in [2.05, 4.69) is 10.3 Å². The fourth-order valence-corrected chi connectivity index (χ4v) is 3.51. The highest BCUT2D eigenvalue weighted by Crippen LogP contribution is 2.34. The molecule has 2 atom stereocenters. The largest absolute Gasteiger partial charge is 0.496 e. The highest BCUT2D eigenvalue weighted by atomic mass is 16.5. The lowest BCUT2D eigenvalue weighted by Crippen LogP contribution is -2.39. The SMILES string of the molecule is COC(=O)c1ccc(OC)c(CN2N=N[C@H]3C(=O)N(c4ccccc4)C(=O)[C@@H]32)c1. The van der Waals surface area contributed by atoms with Crippen molar-refractivity contribution in [1.29, 1.82) is 0 Å². The van der Waals surface area contributed by atoms with Gasteiger partial charge in [-0.25, -0.2) is 9.69 Å². The lowest BCUT2D eigenvalue weighted by atomic mass is 10.1. The highest BCUT2D eigenvalue weighted by molar-refractivity contribution is 6.25. The Morgan fingerprint density at radius 3 is 2.52 bits per heavy atom. The summed E-state index contributed by atoms with van der Waals surface area (Å²) in [5, 5.41) is 9.50. The monoisotopic (exact) mass is 394 g/mol. The highest BCUT2D eigenvalue weighted by Gasteiger charge is 2.54. The van der Waals surface area contributed by atoms with Crippen molar-refractivity contribution < 1.29 is 23.9 Å². The van der Waals surface area contributed by atoms with Crippen LogP contribution in [0, 0.1) is 0 Å². The van der Waals surface area contributed by atoms with Gasteiger partial charge in [0.2, 0.25) is 0 Å². The lowest BCUT2D eigenvalue weighted by Gasteiger charge is -2.21. The van der Waals surface area contributed by atoms with E-state index in [1.165, 1.54) is 19.2 Å². The van der Waals surface area contributed by atoms with Crippen LogP contribution in [0.4, 0.5) is 5.69 Å². The molecule has 2 aromatic rings. The third-order valence-corrected chi connectivity index (χ3v) is 4.91. The van der Waals surface area contributed by atoms with Crippen molar-refractivity contribution in [2.75, 3.05) is 19.1 Å². The Morgan fingerprint density at radius 2 is 1.83 bits per heavy atom. The third-order valence-electron chi connectivity index (χ3n) is 4.91. The van der Waals surface area contributed by atoms with E-state index in [-0.39, 0.29) is 12.5 Å². The first-order chi connectivity index (χ1) is 14.0. The van der Waals surface area contributed by atoms with Crippen molar-refractivity contribution in [3.63, 3.8) is 0 Å². The van der Waals surface area contributed by atoms with E-state index in [9.17, 15) is 14.4 Å². The topological polar surface area (TPSA) is 101 Å². The molecule has 0 unspecified atom stereocenters. The zero-order chi connectivity index (χ0) is 20.5. The number of anilines is 1. The Morgan fingerprint density at radius 1 is 1.07 bits per heavy atom. The van der Waals surface area contributed by atoms with Crippen molar-refractivity contribution >= 4 is 23.5 Å². The maximum atomic E-state index is 13.0. The molecular formula is C20H18N4O5. The molecular weight excluding hydrogens is 376 g/mol. The molecule has 2 aliphatic rings. The molecule has 148 valence electrons. The number of hydrogen-bond donors (Lipinski definition) is 0. The summed E-state index contributed by atoms with van der Waals surface area (Å²) in [7, 11) is 2.80. The number of carbonyl (C=O) groups is 3. The van der Waals surface area contributed by atoms with Gasteiger partial charge in [0.05, 0.1) is 32.0 Å². The summed E-state index contributed by atoms with van der Waals surface area (Å²) in [5.74, 6) is -0.766. The Bertz CT molecular complexity index is 1010. The Balaban J connectivity index is 1.62. The van der Waals surface area contributed by atoms with Gasteiger partial charge < -0.3 is 9.47 Å². The molecule has 0 N–H and O–H groups in total. The van der Waals surface area contributed by atoms with Crippen molar-refractivity contribution in [3.05, 3.63) is 59.7 Å². The predicted molar refractivity (Wildman–Crippen MR) is 101 cm³/mol. The fraction of sp³-hybridized carbons (Fsp3) is 0.250. The van der Waals surface area contributed by atoms with Crippen LogP contribution < -0.4 is 9.64 Å². The van der Waals surface area contributed by atoms with Crippen LogP contribution in [0.3, 0.4) is 0 Å². The number of imide groups is 1. The molecule has 4 rings (SSSR count). The van der Waals surface area contributed by atoms with E-state index < -0.39 is 24.0 Å². The molecule has 0 radical (unpaired) electrons. The van der Waals surface area contributed by atoms with Crippen LogP contribution >= 0.6 is 0 Å². The average molecular weight is 394 g/mol. The second-order valence-corrected chi connectivity index (χ2v) is 6.56. The van der Waals surface area contributed by atoms with Crippen LogP contribution in [0.1, 0.15) is 15.9 Å². The maximum absolute atomic E-state index is 13.0. The quantitative estimate of drug-likeness (QED) is 0.568. The fourth-order valence-electron chi connectivity index (χ4n) is 3.51. The van der Waals surface area contributed by atoms with E-state index in [1.54, 1.807) is 42.5 Å². The van der Waals surface area contributed by atoms with Gasteiger partial charge in [-0.15, -0.1) is 0 Å². The Labute approximate surface area is 166 Å². The van der Waals surface area contributed by atoms with Gasteiger partial charge in [0.25, 0.3) is 11.8 Å². The van der Waals surface area contributed by atoms with Crippen molar-refractivity contribution in [2.45, 2.75) is 18.6 Å². The van der Waals surface area contributed by atoms with Crippen LogP contribution in [0.2, 0.25) is 0 Å². The molecule has 2 heterocycles. The first-order valence-corrected chi connectivity index (χ1v) is 8.90. The summed E-state index contributed by atoms with van der Waals surface area (Å²) in [5.41, 5.74) is 1.46. The summed E-state index contributed by atoms with van der Waals surface area (Å²) in [6, 6.07) is 11.8. The molecule has 9 heteroatoms. The van der Waals surface area contributed by atoms with Crippen LogP contribution in [-0.4, -0.2) is 49.1 Å². The number of esters is 1. The zero-order valence-corrected chi connectivity index (χ0v) is 15.8. The number of benzene rings is 2. The molecule has 29 heavy (non-hydrogen) atoms. The molecule has 2 amide bonds. The molecule has 0 saturated carbocycles. The van der Waals surface area contributed by atoms with Crippen molar-refractivity contribution in [3.8, 4) is 5.75 Å². The van der Waals surface area contributed by atoms with Gasteiger partial charge in [0.15, 0.2) is 12.1 Å². The number of carbonyl (C=O) groups excluding carboxylic acids is 3. The zero-order valence-electron chi connectivity index (χ0n) is 15.8. The molecule has 0 bridgehead atoms. The maximum Gasteiger partial charge on any atom is 0.337 e. The Kier molecular flexibility index (Phi) is 4.71. The summed E-state index contributed by atoms with van der Waals surface area (Å²) >= 11 is 0. The van der Waals surface area contributed by atoms with Gasteiger partial charge >= 0.3 is 5.97 Å². The number of methoxy groups -OCH3 is 2. The molecule has 0 spiro atoms. The second-order valence-electron chi connectivity index (χ2n) is 6.56. The van der Waals surface area contributed by atoms with Crippen LogP contribution in [0.5, 0.6) is 5.75 Å². The third kappa shape index (κ3) is 3.10. The first kappa shape index (κ1) is 18.6. The van der Waals surface area contributed by atoms with E-state index in [0.29, 0.717) is 22.6 Å². The molecule has 1 fully saturated rings. The number of ether oxygens (including phenoxy) is 2. The van der Waals surface area contributed by atoms with Gasteiger partial charge in [0, 0.05) is 5.56 Å². The standard InChI is InChI=1S/C20H18N4O5/c1-28-15-9-8-12(20(27)29-2)10-13(15)11-23-17-16(21-22-23)18(25)24(19(17)26)14-6-4-3-5-7-14/h3-10,16-17H,11H2,1-2H3/t16-,17-/m1/s1. The van der Waals surface area contributed by atoms with Crippen molar-refractivity contribution in [2.24, 2.45) is 10.3 Å². The number of hydrogen-bond acceptors (Lipinski definition) is 8. The van der Waals surface area contributed by atoms with E-state index >= 15 is 0 Å². The number of fused-ring (bicyclic) bond motifs is 1. The number of amides is 2. The number of rotatable bonds is 5. The summed E-state index contributed by atoms with van der Waals surface area (Å²) < 4.78 is 10.1. The second kappa shape index (κ2) is 7.34.